The van der Waals surface area contributed by atoms with Crippen LogP contribution in [0.25, 0.3) is 12.2 Å². The largest absolute Gasteiger partial charge is 0.396 e. The summed E-state index contributed by atoms with van der Waals surface area (Å²) in [5.74, 6) is -0.112. The van der Waals surface area contributed by atoms with E-state index >= 15 is 0 Å². The van der Waals surface area contributed by atoms with Crippen molar-refractivity contribution in [2.24, 2.45) is 0 Å². The molecule has 3 aromatic rings. The highest BCUT2D eigenvalue weighted by Crippen LogP contribution is 2.18. The lowest BCUT2D eigenvalue weighted by Gasteiger charge is -2.40. The first-order valence-corrected chi connectivity index (χ1v) is 13.6. The maximum Gasteiger partial charge on any atom is 0.254 e. The summed E-state index contributed by atoms with van der Waals surface area (Å²) in [5, 5.41) is 12.8. The Bertz CT molecular complexity index is 1320. The number of rotatable bonds is 6. The smallest absolute Gasteiger partial charge is 0.254 e. The third-order valence-electron chi connectivity index (χ3n) is 6.54. The number of aliphatic hydroxyl groups is 1. The molecule has 40 heavy (non-hydrogen) atoms. The summed E-state index contributed by atoms with van der Waals surface area (Å²) in [6.07, 6.45) is 4.42. The fourth-order valence-electron chi connectivity index (χ4n) is 4.18. The molecule has 7 heteroatoms. The lowest BCUT2D eigenvalue weighted by molar-refractivity contribution is 0.0473. The number of carbonyl (C=O) groups excluding carboxylic acids is 1. The number of piperazine rings is 1. The van der Waals surface area contributed by atoms with Gasteiger partial charge in [0.05, 0.1) is 5.35 Å². The van der Waals surface area contributed by atoms with Gasteiger partial charge in [0.25, 0.3) is 5.91 Å². The Hall–Kier alpha value is -3.81. The monoisotopic (exact) mass is 546 g/mol. The summed E-state index contributed by atoms with van der Waals surface area (Å²) in [7, 11) is 1.85. The van der Waals surface area contributed by atoms with Crippen LogP contribution >= 0.6 is 0 Å². The Morgan fingerprint density at radius 2 is 1.82 bits per heavy atom. The van der Waals surface area contributed by atoms with E-state index in [9.17, 15) is 9.18 Å². The van der Waals surface area contributed by atoms with E-state index in [4.69, 9.17) is 5.11 Å². The van der Waals surface area contributed by atoms with Gasteiger partial charge in [0.2, 0.25) is 0 Å². The zero-order valence-corrected chi connectivity index (χ0v) is 24.2. The predicted octanol–water partition coefficient (Wildman–Crippen LogP) is 4.45. The quantitative estimate of drug-likeness (QED) is 0.478. The number of hydrogen-bond acceptors (Lipinski definition) is 5. The maximum absolute atomic E-state index is 13.8. The minimum absolute atomic E-state index is 0.0562. The zero-order valence-electron chi connectivity index (χ0n) is 24.2. The van der Waals surface area contributed by atoms with E-state index in [-0.39, 0.29) is 17.8 Å². The van der Waals surface area contributed by atoms with Crippen molar-refractivity contribution in [1.82, 2.24) is 14.8 Å². The first-order valence-electron chi connectivity index (χ1n) is 13.6. The van der Waals surface area contributed by atoms with Crippen molar-refractivity contribution in [3.63, 3.8) is 0 Å². The number of pyridine rings is 1. The highest BCUT2D eigenvalue weighted by Gasteiger charge is 2.28. The van der Waals surface area contributed by atoms with E-state index in [1.165, 1.54) is 6.07 Å². The van der Waals surface area contributed by atoms with Crippen molar-refractivity contribution < 1.29 is 14.3 Å². The summed E-state index contributed by atoms with van der Waals surface area (Å²) in [6, 6.07) is 18.3. The standard InChI is InChI=1S/C20H24FN3O.C10H11N.C3H8O/c1-15-13-23(14-17-5-3-4-6-19(17)21)11-12-24(15)20(25)16-7-9-18(22-2)10-8-16;1-4-8(2)10-9(3)6-5-7-11-10;1-2-3-4/h3-10,15,22H,11-14H2,1-2H3;4-7H,1,3H2,2H3;4H,2-3H2,1H3/b;10-8+;. The molecule has 1 unspecified atom stereocenters. The molecule has 6 nitrogen and oxygen atoms in total. The maximum atomic E-state index is 13.8. The van der Waals surface area contributed by atoms with Crippen molar-refractivity contribution in [2.75, 3.05) is 38.6 Å². The number of allylic oxidation sites excluding steroid dienone is 1. The molecule has 0 radical (unpaired) electrons. The average Bonchev–Trinajstić information content (AvgIpc) is 2.98. The molecule has 1 fully saturated rings. The molecule has 1 aromatic heterocycles. The molecule has 0 spiro atoms. The number of nitrogens with zero attached hydrogens (tertiary/aromatic N) is 3. The lowest BCUT2D eigenvalue weighted by Crippen LogP contribution is -2.53. The third-order valence-corrected chi connectivity index (χ3v) is 6.54. The van der Waals surface area contributed by atoms with Gasteiger partial charge in [-0.3, -0.25) is 14.7 Å². The molecular weight excluding hydrogens is 503 g/mol. The Labute approximate surface area is 238 Å². The number of aliphatic hydroxyl groups excluding tert-OH is 1. The molecule has 1 amide bonds. The minimum Gasteiger partial charge on any atom is -0.396 e. The number of halogens is 1. The van der Waals surface area contributed by atoms with E-state index in [2.05, 4.69) is 28.4 Å². The van der Waals surface area contributed by atoms with E-state index in [1.807, 2.05) is 81.2 Å². The molecule has 0 bridgehead atoms. The Balaban J connectivity index is 0.000000309. The summed E-state index contributed by atoms with van der Waals surface area (Å²) < 4.78 is 13.8. The molecule has 1 atom stereocenters. The van der Waals surface area contributed by atoms with Crippen LogP contribution in [0.15, 0.2) is 79.5 Å². The molecule has 2 heterocycles. The van der Waals surface area contributed by atoms with Gasteiger partial charge in [-0.2, -0.15) is 0 Å². The van der Waals surface area contributed by atoms with Gasteiger partial charge in [-0.05, 0) is 67.5 Å². The number of nitrogens with one attached hydrogen (secondary N) is 1. The van der Waals surface area contributed by atoms with Gasteiger partial charge in [-0.25, -0.2) is 4.39 Å². The topological polar surface area (TPSA) is 68.7 Å². The van der Waals surface area contributed by atoms with E-state index < -0.39 is 0 Å². The number of carbonyl (C=O) groups is 1. The van der Waals surface area contributed by atoms with Crippen molar-refractivity contribution in [3.8, 4) is 0 Å². The van der Waals surface area contributed by atoms with Crippen LogP contribution in [0.4, 0.5) is 10.1 Å². The fraction of sp³-hybridized carbons (Fsp3) is 0.333. The van der Waals surface area contributed by atoms with Gasteiger partial charge in [0, 0.05) is 68.9 Å². The van der Waals surface area contributed by atoms with Gasteiger partial charge in [-0.1, -0.05) is 50.4 Å². The number of benzene rings is 2. The second-order valence-corrected chi connectivity index (χ2v) is 9.62. The van der Waals surface area contributed by atoms with Crippen LogP contribution in [0.3, 0.4) is 0 Å². The van der Waals surface area contributed by atoms with Crippen molar-refractivity contribution in [2.45, 2.75) is 39.8 Å². The second kappa shape index (κ2) is 17.0. The second-order valence-electron chi connectivity index (χ2n) is 9.62. The lowest BCUT2D eigenvalue weighted by atomic mass is 10.1. The van der Waals surface area contributed by atoms with Crippen molar-refractivity contribution >= 4 is 23.7 Å². The summed E-state index contributed by atoms with van der Waals surface area (Å²) in [6.45, 7) is 16.5. The zero-order chi connectivity index (χ0) is 29.5. The van der Waals surface area contributed by atoms with Crippen LogP contribution in [0, 0.1) is 5.82 Å². The highest BCUT2D eigenvalue weighted by atomic mass is 19.1. The molecule has 0 saturated carbocycles. The van der Waals surface area contributed by atoms with Crippen LogP contribution in [0.5, 0.6) is 0 Å². The molecule has 1 aliphatic heterocycles. The highest BCUT2D eigenvalue weighted by molar-refractivity contribution is 5.94. The fourth-order valence-corrected chi connectivity index (χ4v) is 4.18. The summed E-state index contributed by atoms with van der Waals surface area (Å²) in [5.41, 5.74) is 3.46. The van der Waals surface area contributed by atoms with Crippen LogP contribution in [-0.2, 0) is 6.54 Å². The molecule has 1 saturated heterocycles. The Morgan fingerprint density at radius 3 is 2.38 bits per heavy atom. The van der Waals surface area contributed by atoms with E-state index in [1.54, 1.807) is 18.3 Å². The van der Waals surface area contributed by atoms with Crippen LogP contribution < -0.4 is 15.9 Å². The number of anilines is 1. The molecule has 4 rings (SSSR count). The van der Waals surface area contributed by atoms with Gasteiger partial charge in [-0.15, -0.1) is 0 Å². The normalized spacial score (nSPS) is 15.6. The van der Waals surface area contributed by atoms with Gasteiger partial charge >= 0.3 is 0 Å². The van der Waals surface area contributed by atoms with Crippen molar-refractivity contribution in [1.29, 1.82) is 0 Å². The van der Waals surface area contributed by atoms with Gasteiger partial charge < -0.3 is 15.3 Å². The summed E-state index contributed by atoms with van der Waals surface area (Å²) >= 11 is 0. The van der Waals surface area contributed by atoms with Gasteiger partial charge in [0.15, 0.2) is 0 Å². The van der Waals surface area contributed by atoms with Crippen LogP contribution in [0.1, 0.15) is 43.1 Å². The number of amides is 1. The molecule has 214 valence electrons. The van der Waals surface area contributed by atoms with Crippen LogP contribution in [-0.4, -0.2) is 65.1 Å². The van der Waals surface area contributed by atoms with E-state index in [0.717, 1.165) is 41.3 Å². The number of aromatic nitrogens is 1. The summed E-state index contributed by atoms with van der Waals surface area (Å²) in [4.78, 5) is 21.0. The first-order chi connectivity index (χ1) is 19.2. The molecule has 2 aromatic carbocycles. The third kappa shape index (κ3) is 9.74. The first kappa shape index (κ1) is 32.4. The predicted molar refractivity (Wildman–Crippen MR) is 164 cm³/mol. The Kier molecular flexibility index (Phi) is 13.8. The Morgan fingerprint density at radius 1 is 1.15 bits per heavy atom. The van der Waals surface area contributed by atoms with Gasteiger partial charge in [0.1, 0.15) is 5.82 Å². The number of hydrogen-bond donors (Lipinski definition) is 2. The minimum atomic E-state index is -0.168. The SMILES string of the molecule is C=C/C(C)=c1/ncccc1=C.CCCO.CNc1ccc(C(=O)N2CCN(Cc3ccccc3F)CC2C)cc1. The van der Waals surface area contributed by atoms with E-state index in [0.29, 0.717) is 30.8 Å². The van der Waals surface area contributed by atoms with Crippen LogP contribution in [0.2, 0.25) is 0 Å². The van der Waals surface area contributed by atoms with Crippen molar-refractivity contribution in [3.05, 3.63) is 107 Å². The molecule has 1 aliphatic rings. The molecular formula is C33H43FN4O2. The average molecular weight is 547 g/mol. The molecule has 2 N–H and O–H groups in total. The molecule has 0 aliphatic carbocycles.